The summed E-state index contributed by atoms with van der Waals surface area (Å²) in [4.78, 5) is 0. The van der Waals surface area contributed by atoms with E-state index in [0.29, 0.717) is 11.8 Å². The molecule has 0 bridgehead atoms. The zero-order chi connectivity index (χ0) is 5.44. The van der Waals surface area contributed by atoms with E-state index in [1.54, 1.807) is 0 Å². The minimum Gasteiger partial charge on any atom is -0.393 e. The second-order valence-electron chi connectivity index (χ2n) is 2.71. The van der Waals surface area contributed by atoms with Crippen LogP contribution in [0.2, 0.25) is 0 Å². The highest BCUT2D eigenvalue weighted by atomic mass is 16.3. The zero-order valence-electron chi connectivity index (χ0n) is 4.89. The summed E-state index contributed by atoms with van der Waals surface area (Å²) in [5.41, 5.74) is 0. The Morgan fingerprint density at radius 1 is 1.57 bits per heavy atom. The molecule has 0 aromatic carbocycles. The largest absolute Gasteiger partial charge is 0.393 e. The summed E-state index contributed by atoms with van der Waals surface area (Å²) in [6, 6.07) is 0. The van der Waals surface area contributed by atoms with Crippen molar-refractivity contribution < 1.29 is 5.11 Å². The lowest BCUT2D eigenvalue weighted by Gasteiger charge is -1.96. The Hall–Kier alpha value is -0.0400. The van der Waals surface area contributed by atoms with Crippen molar-refractivity contribution >= 4 is 0 Å². The van der Waals surface area contributed by atoms with Crippen molar-refractivity contribution in [1.82, 2.24) is 0 Å². The molecule has 1 unspecified atom stereocenters. The van der Waals surface area contributed by atoms with Crippen LogP contribution in [0.15, 0.2) is 0 Å². The van der Waals surface area contributed by atoms with Gasteiger partial charge >= 0.3 is 0 Å². The van der Waals surface area contributed by atoms with Crippen molar-refractivity contribution in [2.24, 2.45) is 11.8 Å². The van der Waals surface area contributed by atoms with E-state index < -0.39 is 0 Å². The predicted octanol–water partition coefficient (Wildman–Crippen LogP) is 1.02. The average Bonchev–Trinajstić information content (AvgIpc) is 2.17. The highest BCUT2D eigenvalue weighted by molar-refractivity contribution is 4.87. The SMILES string of the molecule is CC(C)C1C[C@@H]1O. The molecule has 42 valence electrons. The van der Waals surface area contributed by atoms with E-state index in [4.69, 9.17) is 5.11 Å². The molecule has 1 aliphatic carbocycles. The molecule has 0 aliphatic heterocycles. The van der Waals surface area contributed by atoms with Crippen LogP contribution in [0.5, 0.6) is 0 Å². The van der Waals surface area contributed by atoms with Crippen LogP contribution in [0.25, 0.3) is 0 Å². The summed E-state index contributed by atoms with van der Waals surface area (Å²) >= 11 is 0. The molecule has 7 heavy (non-hydrogen) atoms. The molecule has 0 aromatic rings. The number of rotatable bonds is 1. The first kappa shape index (κ1) is 5.10. The van der Waals surface area contributed by atoms with Crippen LogP contribution in [0.4, 0.5) is 0 Å². The van der Waals surface area contributed by atoms with Crippen molar-refractivity contribution in [3.8, 4) is 0 Å². The minimum absolute atomic E-state index is 0.0417. The molecule has 1 aliphatic rings. The van der Waals surface area contributed by atoms with Crippen molar-refractivity contribution in [3.05, 3.63) is 0 Å². The van der Waals surface area contributed by atoms with Crippen LogP contribution in [0.3, 0.4) is 0 Å². The van der Waals surface area contributed by atoms with Crippen molar-refractivity contribution in [2.75, 3.05) is 0 Å². The lowest BCUT2D eigenvalue weighted by Crippen LogP contribution is -1.93. The van der Waals surface area contributed by atoms with Gasteiger partial charge in [0, 0.05) is 0 Å². The fourth-order valence-corrected chi connectivity index (χ4v) is 0.917. The molecule has 1 N–H and O–H groups in total. The van der Waals surface area contributed by atoms with Crippen LogP contribution in [0.1, 0.15) is 20.3 Å². The first-order valence-corrected chi connectivity index (χ1v) is 2.90. The third kappa shape index (κ3) is 0.942. The lowest BCUT2D eigenvalue weighted by atomic mass is 10.1. The van der Waals surface area contributed by atoms with E-state index in [2.05, 4.69) is 13.8 Å². The van der Waals surface area contributed by atoms with Gasteiger partial charge in [0.2, 0.25) is 0 Å². The van der Waals surface area contributed by atoms with Crippen LogP contribution < -0.4 is 0 Å². The second kappa shape index (κ2) is 1.48. The topological polar surface area (TPSA) is 20.2 Å². The number of hydrogen-bond donors (Lipinski definition) is 1. The minimum atomic E-state index is 0.0417. The Morgan fingerprint density at radius 2 is 2.00 bits per heavy atom. The Morgan fingerprint density at radius 3 is 2.00 bits per heavy atom. The maximum absolute atomic E-state index is 8.80. The fourth-order valence-electron chi connectivity index (χ4n) is 0.917. The predicted molar refractivity (Wildman–Crippen MR) is 29.0 cm³/mol. The number of aliphatic hydroxyl groups excluding tert-OH is 1. The molecule has 1 saturated carbocycles. The molecule has 0 saturated heterocycles. The van der Waals surface area contributed by atoms with Gasteiger partial charge in [0.1, 0.15) is 0 Å². The zero-order valence-corrected chi connectivity index (χ0v) is 4.89. The summed E-state index contributed by atoms with van der Waals surface area (Å²) in [5.74, 6) is 1.31. The average molecular weight is 100 g/mol. The summed E-state index contributed by atoms with van der Waals surface area (Å²) in [7, 11) is 0. The maximum Gasteiger partial charge on any atom is 0.0575 e. The maximum atomic E-state index is 8.80. The first-order valence-electron chi connectivity index (χ1n) is 2.90. The van der Waals surface area contributed by atoms with Crippen molar-refractivity contribution in [3.63, 3.8) is 0 Å². The molecule has 2 atom stereocenters. The van der Waals surface area contributed by atoms with Gasteiger partial charge in [-0.05, 0) is 18.3 Å². The first-order chi connectivity index (χ1) is 3.22. The van der Waals surface area contributed by atoms with E-state index in [0.717, 1.165) is 6.42 Å². The lowest BCUT2D eigenvalue weighted by molar-refractivity contribution is 0.245. The monoisotopic (exact) mass is 100 g/mol. The standard InChI is InChI=1S/C6H12O/c1-4(2)5-3-6(5)7/h4-7H,3H2,1-2H3/t5?,6-/m0/s1. The van der Waals surface area contributed by atoms with Crippen LogP contribution in [0, 0.1) is 11.8 Å². The number of aliphatic hydroxyl groups is 1. The van der Waals surface area contributed by atoms with Gasteiger partial charge < -0.3 is 5.11 Å². The molecule has 0 aromatic heterocycles. The van der Waals surface area contributed by atoms with Gasteiger partial charge in [-0.15, -0.1) is 0 Å². The molecular formula is C6H12O. The molecular weight excluding hydrogens is 88.1 g/mol. The van der Waals surface area contributed by atoms with E-state index in [-0.39, 0.29) is 6.10 Å². The molecule has 0 spiro atoms. The third-order valence-electron chi connectivity index (χ3n) is 1.66. The molecule has 0 amide bonds. The molecule has 1 nitrogen and oxygen atoms in total. The quantitative estimate of drug-likeness (QED) is 0.521. The molecule has 1 fully saturated rings. The summed E-state index contributed by atoms with van der Waals surface area (Å²) in [6.45, 7) is 4.31. The third-order valence-corrected chi connectivity index (χ3v) is 1.66. The molecule has 1 heteroatoms. The van der Waals surface area contributed by atoms with E-state index in [1.165, 1.54) is 0 Å². The van der Waals surface area contributed by atoms with E-state index in [9.17, 15) is 0 Å². The molecule has 1 rings (SSSR count). The normalized spacial score (nSPS) is 39.4. The van der Waals surface area contributed by atoms with E-state index >= 15 is 0 Å². The van der Waals surface area contributed by atoms with Gasteiger partial charge in [0.15, 0.2) is 0 Å². The van der Waals surface area contributed by atoms with Crippen molar-refractivity contribution in [1.29, 1.82) is 0 Å². The smallest absolute Gasteiger partial charge is 0.0575 e. The molecule has 0 heterocycles. The Labute approximate surface area is 44.4 Å². The van der Waals surface area contributed by atoms with Gasteiger partial charge in [-0.25, -0.2) is 0 Å². The number of hydrogen-bond acceptors (Lipinski definition) is 1. The Kier molecular flexibility index (Phi) is 1.08. The van der Waals surface area contributed by atoms with E-state index in [1.807, 2.05) is 0 Å². The van der Waals surface area contributed by atoms with Crippen LogP contribution in [-0.2, 0) is 0 Å². The Balaban J connectivity index is 2.20. The highest BCUT2D eigenvalue weighted by Gasteiger charge is 2.37. The van der Waals surface area contributed by atoms with Gasteiger partial charge in [-0.3, -0.25) is 0 Å². The van der Waals surface area contributed by atoms with Crippen molar-refractivity contribution in [2.45, 2.75) is 26.4 Å². The van der Waals surface area contributed by atoms with Gasteiger partial charge in [-0.1, -0.05) is 13.8 Å². The van der Waals surface area contributed by atoms with Crippen LogP contribution in [-0.4, -0.2) is 11.2 Å². The summed E-state index contributed by atoms with van der Waals surface area (Å²) in [6.07, 6.45) is 1.08. The van der Waals surface area contributed by atoms with Gasteiger partial charge in [0.05, 0.1) is 6.10 Å². The fraction of sp³-hybridized carbons (Fsp3) is 1.00. The van der Waals surface area contributed by atoms with Crippen LogP contribution >= 0.6 is 0 Å². The summed E-state index contributed by atoms with van der Waals surface area (Å²) < 4.78 is 0. The summed E-state index contributed by atoms with van der Waals surface area (Å²) in [5, 5.41) is 8.80. The van der Waals surface area contributed by atoms with Gasteiger partial charge in [0.25, 0.3) is 0 Å². The highest BCUT2D eigenvalue weighted by Crippen LogP contribution is 2.36. The Bertz CT molecular complexity index is 68.6. The molecule has 0 radical (unpaired) electrons. The van der Waals surface area contributed by atoms with Gasteiger partial charge in [-0.2, -0.15) is 0 Å². The second-order valence-corrected chi connectivity index (χ2v) is 2.71.